The maximum Gasteiger partial charge on any atom is 0.415 e. The molecule has 1 aliphatic heterocycles. The number of hydrogen-bond donors (Lipinski definition) is 1. The Bertz CT molecular complexity index is 522. The molecule has 0 radical (unpaired) electrons. The van der Waals surface area contributed by atoms with E-state index in [1.807, 2.05) is 0 Å². The number of hydrogen-bond acceptors (Lipinski definition) is 4. The second-order valence-electron chi connectivity index (χ2n) is 5.41. The van der Waals surface area contributed by atoms with Gasteiger partial charge in [-0.25, -0.2) is 9.59 Å². The molecule has 0 fully saturated rings. The molecule has 1 unspecified atom stereocenters. The summed E-state index contributed by atoms with van der Waals surface area (Å²) in [5.41, 5.74) is 0.614. The highest BCUT2D eigenvalue weighted by Gasteiger charge is 2.40. The van der Waals surface area contributed by atoms with Crippen LogP contribution in [0.15, 0.2) is 18.5 Å². The Balaban J connectivity index is 2.34. The van der Waals surface area contributed by atoms with Gasteiger partial charge in [0.05, 0.1) is 11.9 Å². The largest absolute Gasteiger partial charge is 0.480 e. The zero-order valence-electron chi connectivity index (χ0n) is 11.1. The minimum Gasteiger partial charge on any atom is -0.480 e. The summed E-state index contributed by atoms with van der Waals surface area (Å²) < 4.78 is 5.25. The molecule has 0 aliphatic carbocycles. The van der Waals surface area contributed by atoms with Gasteiger partial charge in [0.2, 0.25) is 0 Å². The number of nitrogens with zero attached hydrogens (tertiary/aromatic N) is 2. The van der Waals surface area contributed by atoms with Crippen molar-refractivity contribution in [1.29, 1.82) is 0 Å². The van der Waals surface area contributed by atoms with Crippen molar-refractivity contribution in [2.75, 3.05) is 4.90 Å². The summed E-state index contributed by atoms with van der Waals surface area (Å²) in [7, 11) is 0. The first-order valence-corrected chi connectivity index (χ1v) is 5.97. The maximum atomic E-state index is 12.2. The van der Waals surface area contributed by atoms with Crippen molar-refractivity contribution in [3.05, 3.63) is 24.0 Å². The maximum absolute atomic E-state index is 12.2. The Hall–Kier alpha value is -2.11. The first kappa shape index (κ1) is 13.3. The average molecular weight is 264 g/mol. The van der Waals surface area contributed by atoms with Gasteiger partial charge in [-0.1, -0.05) is 0 Å². The molecular formula is C13H16N2O4. The van der Waals surface area contributed by atoms with Crippen LogP contribution >= 0.6 is 0 Å². The van der Waals surface area contributed by atoms with Gasteiger partial charge in [-0.3, -0.25) is 9.88 Å². The number of pyridine rings is 1. The van der Waals surface area contributed by atoms with Crippen LogP contribution in [0, 0.1) is 0 Å². The zero-order chi connectivity index (χ0) is 14.2. The van der Waals surface area contributed by atoms with E-state index in [1.54, 1.807) is 33.0 Å². The lowest BCUT2D eigenvalue weighted by Gasteiger charge is -2.27. The number of rotatable bonds is 1. The number of aliphatic carboxylic acids is 1. The number of amides is 1. The number of carbonyl (C=O) groups excluding carboxylic acids is 1. The van der Waals surface area contributed by atoms with Crippen LogP contribution in [0.4, 0.5) is 10.5 Å². The minimum absolute atomic E-state index is 0.270. The summed E-state index contributed by atoms with van der Waals surface area (Å²) >= 11 is 0. The zero-order valence-corrected chi connectivity index (χ0v) is 11.1. The number of fused-ring (bicyclic) bond motifs is 1. The van der Waals surface area contributed by atoms with Gasteiger partial charge < -0.3 is 9.84 Å². The number of carboxylic acid groups (broad SMARTS) is 1. The Morgan fingerprint density at radius 3 is 2.74 bits per heavy atom. The van der Waals surface area contributed by atoms with E-state index < -0.39 is 23.7 Å². The van der Waals surface area contributed by atoms with Crippen LogP contribution in [-0.4, -0.2) is 33.8 Å². The Morgan fingerprint density at radius 1 is 1.47 bits per heavy atom. The third-order valence-electron chi connectivity index (χ3n) is 2.75. The molecule has 2 rings (SSSR count). The van der Waals surface area contributed by atoms with E-state index in [0.717, 1.165) is 10.5 Å². The molecule has 1 amide bonds. The molecule has 0 spiro atoms. The Morgan fingerprint density at radius 2 is 2.16 bits per heavy atom. The summed E-state index contributed by atoms with van der Waals surface area (Å²) in [5, 5.41) is 9.23. The molecule has 6 heteroatoms. The number of aromatic nitrogens is 1. The van der Waals surface area contributed by atoms with Crippen molar-refractivity contribution in [1.82, 2.24) is 4.98 Å². The fraction of sp³-hybridized carbons (Fsp3) is 0.462. The molecule has 1 atom stereocenters. The average Bonchev–Trinajstić information content (AvgIpc) is 2.65. The molecule has 19 heavy (non-hydrogen) atoms. The van der Waals surface area contributed by atoms with Crippen molar-refractivity contribution >= 4 is 17.7 Å². The van der Waals surface area contributed by atoms with Crippen molar-refractivity contribution in [3.8, 4) is 0 Å². The van der Waals surface area contributed by atoms with Gasteiger partial charge in [-0.15, -0.1) is 0 Å². The summed E-state index contributed by atoms with van der Waals surface area (Å²) in [6.45, 7) is 5.21. The van der Waals surface area contributed by atoms with E-state index in [-0.39, 0.29) is 6.42 Å². The lowest BCUT2D eigenvalue weighted by atomic mass is 10.1. The molecule has 1 aliphatic rings. The highest BCUT2D eigenvalue weighted by molar-refractivity contribution is 5.98. The molecule has 0 saturated heterocycles. The van der Waals surface area contributed by atoms with Crippen LogP contribution in [0.25, 0.3) is 0 Å². The van der Waals surface area contributed by atoms with E-state index >= 15 is 0 Å². The third-order valence-corrected chi connectivity index (χ3v) is 2.75. The van der Waals surface area contributed by atoms with Crippen molar-refractivity contribution < 1.29 is 19.4 Å². The van der Waals surface area contributed by atoms with E-state index in [1.165, 1.54) is 6.20 Å². The number of carboxylic acids is 1. The smallest absolute Gasteiger partial charge is 0.415 e. The van der Waals surface area contributed by atoms with E-state index in [9.17, 15) is 14.7 Å². The number of carbonyl (C=O) groups is 2. The lowest BCUT2D eigenvalue weighted by Crippen LogP contribution is -2.45. The topological polar surface area (TPSA) is 79.7 Å². The highest BCUT2D eigenvalue weighted by Crippen LogP contribution is 2.32. The summed E-state index contributed by atoms with van der Waals surface area (Å²) in [6.07, 6.45) is 2.68. The standard InChI is InChI=1S/C13H16N2O4/c1-13(2,3)19-12(18)15-9(11(16)17)6-8-4-5-14-7-10(8)15/h4-5,7,9H,6H2,1-3H3,(H,16,17). The van der Waals surface area contributed by atoms with Gasteiger partial charge >= 0.3 is 12.1 Å². The van der Waals surface area contributed by atoms with Crippen LogP contribution < -0.4 is 4.90 Å². The first-order chi connectivity index (χ1) is 8.79. The molecule has 0 aromatic carbocycles. The summed E-state index contributed by atoms with van der Waals surface area (Å²) in [4.78, 5) is 28.5. The van der Waals surface area contributed by atoms with Crippen LogP contribution in [0.3, 0.4) is 0 Å². The van der Waals surface area contributed by atoms with Crippen LogP contribution in [0.5, 0.6) is 0 Å². The van der Waals surface area contributed by atoms with Crippen LogP contribution in [0.1, 0.15) is 26.3 Å². The lowest BCUT2D eigenvalue weighted by molar-refractivity contribution is -0.138. The van der Waals surface area contributed by atoms with E-state index in [4.69, 9.17) is 4.74 Å². The van der Waals surface area contributed by atoms with Gasteiger partial charge in [-0.05, 0) is 32.4 Å². The van der Waals surface area contributed by atoms with Crippen molar-refractivity contribution in [3.63, 3.8) is 0 Å². The molecule has 1 aromatic rings. The van der Waals surface area contributed by atoms with Crippen molar-refractivity contribution in [2.24, 2.45) is 0 Å². The number of ether oxygens (including phenoxy) is 1. The summed E-state index contributed by atoms with van der Waals surface area (Å²) in [6, 6.07) is 0.782. The summed E-state index contributed by atoms with van der Waals surface area (Å²) in [5.74, 6) is -1.05. The number of anilines is 1. The molecule has 0 bridgehead atoms. The third kappa shape index (κ3) is 2.67. The SMILES string of the molecule is CC(C)(C)OC(=O)N1c2cnccc2CC1C(=O)O. The van der Waals surface area contributed by atoms with Crippen LogP contribution in [0.2, 0.25) is 0 Å². The second kappa shape index (κ2) is 4.53. The molecule has 0 saturated carbocycles. The Labute approximate surface area is 111 Å². The molecular weight excluding hydrogens is 248 g/mol. The van der Waals surface area contributed by atoms with Gasteiger partial charge in [0.25, 0.3) is 0 Å². The minimum atomic E-state index is -1.05. The van der Waals surface area contributed by atoms with Gasteiger partial charge in [0, 0.05) is 12.6 Å². The van der Waals surface area contributed by atoms with E-state index in [0.29, 0.717) is 5.69 Å². The molecule has 2 heterocycles. The molecule has 1 aromatic heterocycles. The van der Waals surface area contributed by atoms with Gasteiger partial charge in [0.15, 0.2) is 0 Å². The van der Waals surface area contributed by atoms with Gasteiger partial charge in [-0.2, -0.15) is 0 Å². The Kier molecular flexibility index (Phi) is 3.18. The van der Waals surface area contributed by atoms with Crippen molar-refractivity contribution in [2.45, 2.75) is 38.8 Å². The predicted molar refractivity (Wildman–Crippen MR) is 68.1 cm³/mol. The second-order valence-corrected chi connectivity index (χ2v) is 5.41. The van der Waals surface area contributed by atoms with Gasteiger partial charge in [0.1, 0.15) is 11.6 Å². The van der Waals surface area contributed by atoms with Crippen LogP contribution in [-0.2, 0) is 16.0 Å². The van der Waals surface area contributed by atoms with E-state index in [2.05, 4.69) is 4.98 Å². The normalized spacial score (nSPS) is 18.1. The quantitative estimate of drug-likeness (QED) is 0.837. The fourth-order valence-electron chi connectivity index (χ4n) is 2.01. The fourth-order valence-corrected chi connectivity index (χ4v) is 2.01. The molecule has 102 valence electrons. The highest BCUT2D eigenvalue weighted by atomic mass is 16.6. The molecule has 1 N–H and O–H groups in total. The monoisotopic (exact) mass is 264 g/mol. The molecule has 6 nitrogen and oxygen atoms in total. The first-order valence-electron chi connectivity index (χ1n) is 5.97. The predicted octanol–water partition coefficient (Wildman–Crippen LogP) is 1.83.